The molecule has 0 spiro atoms. The van der Waals surface area contributed by atoms with Gasteiger partial charge in [-0.05, 0) is 11.4 Å². The SMILES string of the molecule is Cn1c(=O)[nH]c2cnc(-c3cccs3)nc2c1=O. The molecule has 0 radical (unpaired) electrons. The Morgan fingerprint density at radius 3 is 2.94 bits per heavy atom. The Hall–Kier alpha value is -2.28. The van der Waals surface area contributed by atoms with Gasteiger partial charge in [-0.2, -0.15) is 0 Å². The van der Waals surface area contributed by atoms with Crippen molar-refractivity contribution in [1.29, 1.82) is 0 Å². The molecule has 3 rings (SSSR count). The number of hydrogen-bond donors (Lipinski definition) is 1. The first-order chi connectivity index (χ1) is 8.66. The molecule has 0 bridgehead atoms. The summed E-state index contributed by atoms with van der Waals surface area (Å²) in [7, 11) is 1.41. The highest BCUT2D eigenvalue weighted by Crippen LogP contribution is 2.20. The molecule has 0 amide bonds. The minimum atomic E-state index is -0.472. The van der Waals surface area contributed by atoms with E-state index in [0.717, 1.165) is 9.44 Å². The fraction of sp³-hybridized carbons (Fsp3) is 0.0909. The summed E-state index contributed by atoms with van der Waals surface area (Å²) in [4.78, 5) is 35.1. The Morgan fingerprint density at radius 2 is 2.22 bits per heavy atom. The molecule has 90 valence electrons. The maximum atomic E-state index is 11.9. The molecule has 0 atom stereocenters. The molecule has 0 aliphatic carbocycles. The van der Waals surface area contributed by atoms with Gasteiger partial charge in [0.25, 0.3) is 5.56 Å². The number of rotatable bonds is 1. The average molecular weight is 260 g/mol. The summed E-state index contributed by atoms with van der Waals surface area (Å²) in [5.74, 6) is 0.488. The summed E-state index contributed by atoms with van der Waals surface area (Å²) in [5.41, 5.74) is -0.326. The van der Waals surface area contributed by atoms with Crippen LogP contribution in [-0.4, -0.2) is 19.5 Å². The number of fused-ring (bicyclic) bond motifs is 1. The van der Waals surface area contributed by atoms with E-state index in [2.05, 4.69) is 15.0 Å². The molecule has 0 fully saturated rings. The maximum absolute atomic E-state index is 11.9. The van der Waals surface area contributed by atoms with E-state index in [0.29, 0.717) is 11.3 Å². The van der Waals surface area contributed by atoms with E-state index >= 15 is 0 Å². The summed E-state index contributed by atoms with van der Waals surface area (Å²) < 4.78 is 0.994. The lowest BCUT2D eigenvalue weighted by Gasteiger charge is -2.01. The Morgan fingerprint density at radius 1 is 1.39 bits per heavy atom. The van der Waals surface area contributed by atoms with Crippen LogP contribution in [0.1, 0.15) is 0 Å². The van der Waals surface area contributed by atoms with Gasteiger partial charge in [0.05, 0.1) is 16.6 Å². The van der Waals surface area contributed by atoms with Gasteiger partial charge in [0.2, 0.25) is 0 Å². The van der Waals surface area contributed by atoms with Crippen LogP contribution in [0.2, 0.25) is 0 Å². The van der Waals surface area contributed by atoms with Crippen molar-refractivity contribution in [3.8, 4) is 10.7 Å². The zero-order valence-corrected chi connectivity index (χ0v) is 10.2. The molecule has 0 aliphatic heterocycles. The van der Waals surface area contributed by atoms with Gasteiger partial charge in [-0.15, -0.1) is 11.3 Å². The summed E-state index contributed by atoms with van der Waals surface area (Å²) in [5, 5.41) is 1.91. The average Bonchev–Trinajstić information content (AvgIpc) is 2.90. The van der Waals surface area contributed by atoms with Crippen LogP contribution >= 0.6 is 11.3 Å². The van der Waals surface area contributed by atoms with Gasteiger partial charge in [-0.3, -0.25) is 9.36 Å². The second-order valence-electron chi connectivity index (χ2n) is 3.73. The van der Waals surface area contributed by atoms with Crippen molar-refractivity contribution in [3.63, 3.8) is 0 Å². The van der Waals surface area contributed by atoms with Crippen molar-refractivity contribution in [2.45, 2.75) is 0 Å². The lowest BCUT2D eigenvalue weighted by molar-refractivity contribution is 0.789. The Labute approximate surface area is 105 Å². The molecule has 18 heavy (non-hydrogen) atoms. The molecule has 7 heteroatoms. The van der Waals surface area contributed by atoms with Crippen LogP contribution in [-0.2, 0) is 7.05 Å². The summed E-state index contributed by atoms with van der Waals surface area (Å²) in [6.45, 7) is 0. The van der Waals surface area contributed by atoms with Crippen molar-refractivity contribution < 1.29 is 0 Å². The van der Waals surface area contributed by atoms with Crippen molar-refractivity contribution >= 4 is 22.4 Å². The number of aromatic nitrogens is 4. The van der Waals surface area contributed by atoms with E-state index in [9.17, 15) is 9.59 Å². The van der Waals surface area contributed by atoms with Crippen molar-refractivity contribution in [1.82, 2.24) is 19.5 Å². The van der Waals surface area contributed by atoms with Gasteiger partial charge >= 0.3 is 5.69 Å². The number of nitrogens with one attached hydrogen (secondary N) is 1. The van der Waals surface area contributed by atoms with Crippen LogP contribution in [0.4, 0.5) is 0 Å². The van der Waals surface area contributed by atoms with Crippen LogP contribution in [0.15, 0.2) is 33.3 Å². The first kappa shape index (κ1) is 10.8. The summed E-state index contributed by atoms with van der Waals surface area (Å²) in [6, 6.07) is 3.76. The van der Waals surface area contributed by atoms with E-state index in [-0.39, 0.29) is 5.52 Å². The zero-order chi connectivity index (χ0) is 12.7. The molecular formula is C11H8N4O2S. The predicted octanol–water partition coefficient (Wildman–Crippen LogP) is 0.745. The Balaban J connectivity index is 2.37. The number of aromatic amines is 1. The number of nitrogens with zero attached hydrogens (tertiary/aromatic N) is 3. The van der Waals surface area contributed by atoms with Crippen LogP contribution in [0, 0.1) is 0 Å². The fourth-order valence-corrected chi connectivity index (χ4v) is 2.28. The molecule has 0 saturated carbocycles. The normalized spacial score (nSPS) is 10.9. The molecule has 0 unspecified atom stereocenters. The second-order valence-corrected chi connectivity index (χ2v) is 4.68. The van der Waals surface area contributed by atoms with Gasteiger partial charge in [-0.1, -0.05) is 6.07 Å². The molecule has 0 aromatic carbocycles. The smallest absolute Gasteiger partial charge is 0.304 e. The van der Waals surface area contributed by atoms with Gasteiger partial charge < -0.3 is 4.98 Å². The van der Waals surface area contributed by atoms with Gasteiger partial charge in [0.1, 0.15) is 0 Å². The molecule has 1 N–H and O–H groups in total. The predicted molar refractivity (Wildman–Crippen MR) is 68.7 cm³/mol. The highest BCUT2D eigenvalue weighted by molar-refractivity contribution is 7.13. The van der Waals surface area contributed by atoms with Crippen LogP contribution in [0.25, 0.3) is 21.7 Å². The van der Waals surface area contributed by atoms with E-state index in [1.165, 1.54) is 24.6 Å². The van der Waals surface area contributed by atoms with E-state index in [1.807, 2.05) is 17.5 Å². The van der Waals surface area contributed by atoms with Crippen molar-refractivity contribution in [2.24, 2.45) is 7.05 Å². The molecule has 6 nitrogen and oxygen atoms in total. The summed E-state index contributed by atoms with van der Waals surface area (Å²) in [6.07, 6.45) is 1.46. The Kier molecular flexibility index (Phi) is 2.34. The molecule has 3 aromatic rings. The minimum Gasteiger partial charge on any atom is -0.304 e. The van der Waals surface area contributed by atoms with Gasteiger partial charge in [0.15, 0.2) is 11.3 Å². The highest BCUT2D eigenvalue weighted by atomic mass is 32.1. The third-order valence-electron chi connectivity index (χ3n) is 2.58. The molecular weight excluding hydrogens is 252 g/mol. The first-order valence-corrected chi connectivity index (χ1v) is 6.05. The largest absolute Gasteiger partial charge is 0.328 e. The van der Waals surface area contributed by atoms with Crippen LogP contribution in [0.5, 0.6) is 0 Å². The number of thiophene rings is 1. The second kappa shape index (κ2) is 3.88. The third-order valence-corrected chi connectivity index (χ3v) is 3.45. The van der Waals surface area contributed by atoms with Crippen molar-refractivity contribution in [3.05, 3.63) is 44.5 Å². The lowest BCUT2D eigenvalue weighted by atomic mass is 10.4. The van der Waals surface area contributed by atoms with Gasteiger partial charge in [0, 0.05) is 7.05 Å². The van der Waals surface area contributed by atoms with E-state index < -0.39 is 11.2 Å². The topological polar surface area (TPSA) is 80.6 Å². The minimum absolute atomic E-state index is 0.218. The fourth-order valence-electron chi connectivity index (χ4n) is 1.61. The van der Waals surface area contributed by atoms with Crippen LogP contribution in [0.3, 0.4) is 0 Å². The monoisotopic (exact) mass is 260 g/mol. The molecule has 0 aliphatic rings. The maximum Gasteiger partial charge on any atom is 0.328 e. The lowest BCUT2D eigenvalue weighted by Crippen LogP contribution is -2.33. The third kappa shape index (κ3) is 1.56. The molecule has 3 heterocycles. The highest BCUT2D eigenvalue weighted by Gasteiger charge is 2.09. The Bertz CT molecular complexity index is 832. The first-order valence-electron chi connectivity index (χ1n) is 5.17. The summed E-state index contributed by atoms with van der Waals surface area (Å²) >= 11 is 1.49. The molecule has 3 aromatic heterocycles. The van der Waals surface area contributed by atoms with E-state index in [1.54, 1.807) is 0 Å². The zero-order valence-electron chi connectivity index (χ0n) is 9.38. The number of hydrogen-bond acceptors (Lipinski definition) is 5. The van der Waals surface area contributed by atoms with Gasteiger partial charge in [-0.25, -0.2) is 14.8 Å². The standard InChI is InChI=1S/C11H8N4O2S/c1-15-10(16)8-6(13-11(15)17)5-12-9(14-8)7-3-2-4-18-7/h2-5H,1H3,(H,13,17). The molecule has 0 saturated heterocycles. The van der Waals surface area contributed by atoms with Crippen molar-refractivity contribution in [2.75, 3.05) is 0 Å². The van der Waals surface area contributed by atoms with Crippen LogP contribution < -0.4 is 11.2 Å². The van der Waals surface area contributed by atoms with E-state index in [4.69, 9.17) is 0 Å². The quantitative estimate of drug-likeness (QED) is 0.700. The number of H-pyrrole nitrogens is 1.